The number of carbonyl (C=O) groups is 1. The van der Waals surface area contributed by atoms with Crippen LogP contribution in [0.3, 0.4) is 0 Å². The molecular weight excluding hydrogens is 226 g/mol. The van der Waals surface area contributed by atoms with Crippen LogP contribution in [0.4, 0.5) is 8.78 Å². The average Bonchev–Trinajstić information content (AvgIpc) is 2.29. The Morgan fingerprint density at radius 1 is 1.00 bits per heavy atom. The highest BCUT2D eigenvalue weighted by molar-refractivity contribution is 5.88. The van der Waals surface area contributed by atoms with Crippen LogP contribution in [0.5, 0.6) is 0 Å². The lowest BCUT2D eigenvalue weighted by atomic mass is 10.0. The summed E-state index contributed by atoms with van der Waals surface area (Å²) in [6, 6.07) is 9.77. The summed E-state index contributed by atoms with van der Waals surface area (Å²) in [5.41, 5.74) is -0.241. The molecule has 0 saturated heterocycles. The molecule has 0 bridgehead atoms. The van der Waals surface area contributed by atoms with Crippen LogP contribution in [0.25, 0.3) is 11.1 Å². The van der Waals surface area contributed by atoms with Crippen molar-refractivity contribution in [1.29, 1.82) is 0 Å². The summed E-state index contributed by atoms with van der Waals surface area (Å²) in [5.74, 6) is -3.12. The van der Waals surface area contributed by atoms with Crippen LogP contribution >= 0.6 is 0 Å². The number of aromatic carboxylic acids is 1. The van der Waals surface area contributed by atoms with Crippen molar-refractivity contribution in [3.63, 3.8) is 0 Å². The topological polar surface area (TPSA) is 37.3 Å². The van der Waals surface area contributed by atoms with Crippen molar-refractivity contribution in [1.82, 2.24) is 0 Å². The maximum atomic E-state index is 13.7. The Kier molecular flexibility index (Phi) is 2.87. The van der Waals surface area contributed by atoms with Crippen LogP contribution in [-0.4, -0.2) is 11.1 Å². The molecule has 0 atom stereocenters. The molecule has 1 N–H and O–H groups in total. The lowest BCUT2D eigenvalue weighted by Gasteiger charge is -2.06. The second-order valence-electron chi connectivity index (χ2n) is 3.49. The van der Waals surface area contributed by atoms with Crippen LogP contribution < -0.4 is 0 Å². The SMILES string of the molecule is O=C(O)c1cc(F)c(-c2ccccc2)c(F)c1. The maximum absolute atomic E-state index is 13.7. The predicted molar refractivity (Wildman–Crippen MR) is 58.8 cm³/mol. The van der Waals surface area contributed by atoms with E-state index in [-0.39, 0.29) is 5.56 Å². The van der Waals surface area contributed by atoms with Crippen molar-refractivity contribution < 1.29 is 18.7 Å². The average molecular weight is 234 g/mol. The first-order valence-corrected chi connectivity index (χ1v) is 4.87. The molecule has 0 aliphatic heterocycles. The van der Waals surface area contributed by atoms with Gasteiger partial charge in [-0.1, -0.05) is 30.3 Å². The van der Waals surface area contributed by atoms with E-state index >= 15 is 0 Å². The first-order valence-electron chi connectivity index (χ1n) is 4.87. The Morgan fingerprint density at radius 3 is 2.00 bits per heavy atom. The van der Waals surface area contributed by atoms with Gasteiger partial charge in [-0.05, 0) is 17.7 Å². The van der Waals surface area contributed by atoms with Gasteiger partial charge in [0.25, 0.3) is 0 Å². The van der Waals surface area contributed by atoms with Gasteiger partial charge in [-0.3, -0.25) is 0 Å². The quantitative estimate of drug-likeness (QED) is 0.865. The molecule has 0 fully saturated rings. The van der Waals surface area contributed by atoms with Crippen molar-refractivity contribution in [3.05, 3.63) is 59.7 Å². The molecule has 0 radical (unpaired) electrons. The summed E-state index contributed by atoms with van der Waals surface area (Å²) in [6.45, 7) is 0. The van der Waals surface area contributed by atoms with E-state index in [9.17, 15) is 13.6 Å². The van der Waals surface area contributed by atoms with Crippen molar-refractivity contribution >= 4 is 5.97 Å². The third kappa shape index (κ3) is 2.15. The summed E-state index contributed by atoms with van der Waals surface area (Å²) in [7, 11) is 0. The van der Waals surface area contributed by atoms with Crippen molar-refractivity contribution in [2.75, 3.05) is 0 Å². The number of benzene rings is 2. The van der Waals surface area contributed by atoms with Crippen molar-refractivity contribution in [2.24, 2.45) is 0 Å². The number of rotatable bonds is 2. The molecule has 0 amide bonds. The van der Waals surface area contributed by atoms with E-state index in [2.05, 4.69) is 0 Å². The lowest BCUT2D eigenvalue weighted by Crippen LogP contribution is -2.00. The highest BCUT2D eigenvalue weighted by Gasteiger charge is 2.15. The Morgan fingerprint density at radius 2 is 1.53 bits per heavy atom. The molecule has 0 aromatic heterocycles. The number of halogens is 2. The monoisotopic (exact) mass is 234 g/mol. The van der Waals surface area contributed by atoms with E-state index in [1.54, 1.807) is 30.3 Å². The van der Waals surface area contributed by atoms with E-state index in [1.165, 1.54) is 0 Å². The zero-order chi connectivity index (χ0) is 12.4. The van der Waals surface area contributed by atoms with Gasteiger partial charge in [0.05, 0.1) is 11.1 Å². The van der Waals surface area contributed by atoms with Gasteiger partial charge in [-0.15, -0.1) is 0 Å². The fraction of sp³-hybridized carbons (Fsp3) is 0. The van der Waals surface area contributed by atoms with Gasteiger partial charge in [0.15, 0.2) is 0 Å². The van der Waals surface area contributed by atoms with Gasteiger partial charge in [0, 0.05) is 0 Å². The summed E-state index contributed by atoms with van der Waals surface area (Å²) in [5, 5.41) is 8.66. The van der Waals surface area contributed by atoms with Gasteiger partial charge < -0.3 is 5.11 Å². The Labute approximate surface area is 96.1 Å². The first kappa shape index (κ1) is 11.3. The molecule has 17 heavy (non-hydrogen) atoms. The fourth-order valence-corrected chi connectivity index (χ4v) is 1.58. The second kappa shape index (κ2) is 4.33. The summed E-state index contributed by atoms with van der Waals surface area (Å²) >= 11 is 0. The summed E-state index contributed by atoms with van der Waals surface area (Å²) in [4.78, 5) is 10.6. The molecule has 0 unspecified atom stereocenters. The second-order valence-corrected chi connectivity index (χ2v) is 3.49. The fourth-order valence-electron chi connectivity index (χ4n) is 1.58. The van der Waals surface area contributed by atoms with Crippen LogP contribution in [0, 0.1) is 11.6 Å². The number of hydrogen-bond acceptors (Lipinski definition) is 1. The Bertz CT molecular complexity index is 542. The zero-order valence-electron chi connectivity index (χ0n) is 8.65. The number of carboxylic acid groups (broad SMARTS) is 1. The molecule has 2 rings (SSSR count). The highest BCUT2D eigenvalue weighted by Crippen LogP contribution is 2.26. The lowest BCUT2D eigenvalue weighted by molar-refractivity contribution is 0.0696. The highest BCUT2D eigenvalue weighted by atomic mass is 19.1. The molecule has 0 aliphatic carbocycles. The van der Waals surface area contributed by atoms with E-state index in [4.69, 9.17) is 5.11 Å². The maximum Gasteiger partial charge on any atom is 0.335 e. The van der Waals surface area contributed by atoms with E-state index < -0.39 is 23.2 Å². The van der Waals surface area contributed by atoms with Gasteiger partial charge in [-0.2, -0.15) is 0 Å². The largest absolute Gasteiger partial charge is 0.478 e. The molecule has 2 nitrogen and oxygen atoms in total. The van der Waals surface area contributed by atoms with E-state index in [1.807, 2.05) is 0 Å². The molecule has 0 heterocycles. The summed E-state index contributed by atoms with van der Waals surface area (Å²) in [6.07, 6.45) is 0. The van der Waals surface area contributed by atoms with Crippen LogP contribution in [0.1, 0.15) is 10.4 Å². The third-order valence-electron chi connectivity index (χ3n) is 2.35. The molecule has 0 saturated carbocycles. The minimum Gasteiger partial charge on any atom is -0.478 e. The number of hydrogen-bond donors (Lipinski definition) is 1. The van der Waals surface area contributed by atoms with E-state index in [0.717, 1.165) is 12.1 Å². The molecular formula is C13H8F2O2. The Hall–Kier alpha value is -2.23. The van der Waals surface area contributed by atoms with Crippen molar-refractivity contribution in [2.45, 2.75) is 0 Å². The molecule has 2 aromatic carbocycles. The van der Waals surface area contributed by atoms with Crippen LogP contribution in [0.2, 0.25) is 0 Å². The van der Waals surface area contributed by atoms with Gasteiger partial charge in [-0.25, -0.2) is 13.6 Å². The molecule has 2 aromatic rings. The van der Waals surface area contributed by atoms with Crippen molar-refractivity contribution in [3.8, 4) is 11.1 Å². The normalized spacial score (nSPS) is 10.2. The number of carboxylic acids is 1. The Balaban J connectivity index is 2.61. The molecule has 86 valence electrons. The molecule has 4 heteroatoms. The standard InChI is InChI=1S/C13H8F2O2/c14-10-6-9(13(16)17)7-11(15)12(10)8-4-2-1-3-5-8/h1-7H,(H,16,17). The predicted octanol–water partition coefficient (Wildman–Crippen LogP) is 3.33. The van der Waals surface area contributed by atoms with Crippen LogP contribution in [0.15, 0.2) is 42.5 Å². The minimum atomic E-state index is -1.36. The van der Waals surface area contributed by atoms with Gasteiger partial charge in [0.1, 0.15) is 11.6 Å². The van der Waals surface area contributed by atoms with Gasteiger partial charge >= 0.3 is 5.97 Å². The van der Waals surface area contributed by atoms with Gasteiger partial charge in [0.2, 0.25) is 0 Å². The smallest absolute Gasteiger partial charge is 0.335 e. The molecule has 0 aliphatic rings. The van der Waals surface area contributed by atoms with Crippen LogP contribution in [-0.2, 0) is 0 Å². The van der Waals surface area contributed by atoms with E-state index in [0.29, 0.717) is 5.56 Å². The first-order chi connectivity index (χ1) is 8.09. The third-order valence-corrected chi connectivity index (χ3v) is 2.35. The zero-order valence-corrected chi connectivity index (χ0v) is 8.65. The summed E-state index contributed by atoms with van der Waals surface area (Å²) < 4.78 is 27.3. The molecule has 0 spiro atoms. The minimum absolute atomic E-state index is 0.212.